The molecule has 25 heavy (non-hydrogen) atoms. The van der Waals surface area contributed by atoms with Crippen LogP contribution in [0.5, 0.6) is 0 Å². The van der Waals surface area contributed by atoms with Crippen molar-refractivity contribution in [3.05, 3.63) is 48.5 Å². The summed E-state index contributed by atoms with van der Waals surface area (Å²) in [7, 11) is 2.03. The van der Waals surface area contributed by atoms with Crippen molar-refractivity contribution in [1.29, 1.82) is 0 Å². The molecular weight excluding hydrogens is 314 g/mol. The number of imidazole rings is 1. The lowest BCUT2D eigenvalue weighted by Crippen LogP contribution is -2.38. The van der Waals surface area contributed by atoms with Crippen LogP contribution in [-0.4, -0.2) is 33.7 Å². The molecule has 3 aromatic rings. The Morgan fingerprint density at radius 2 is 2.04 bits per heavy atom. The van der Waals surface area contributed by atoms with Gasteiger partial charge in [-0.1, -0.05) is 24.3 Å². The number of para-hydroxylation sites is 2. The molecule has 0 amide bonds. The second-order valence-electron chi connectivity index (χ2n) is 6.66. The summed E-state index contributed by atoms with van der Waals surface area (Å²) in [6.07, 6.45) is 1.67. The number of hydrogen-bond acceptors (Lipinski definition) is 3. The Morgan fingerprint density at radius 3 is 2.84 bits per heavy atom. The average molecular weight is 335 g/mol. The molecule has 0 bridgehead atoms. The molecule has 1 fully saturated rings. The maximum absolute atomic E-state index is 11.3. The number of hydrogen-bond donors (Lipinski definition) is 1. The first-order chi connectivity index (χ1) is 12.1. The predicted octanol–water partition coefficient (Wildman–Crippen LogP) is 3.54. The van der Waals surface area contributed by atoms with Gasteiger partial charge in [-0.25, -0.2) is 4.98 Å². The molecule has 128 valence electrons. The van der Waals surface area contributed by atoms with E-state index in [1.54, 1.807) is 0 Å². The van der Waals surface area contributed by atoms with Gasteiger partial charge < -0.3 is 14.6 Å². The Balaban J connectivity index is 1.69. The molecule has 4 rings (SSSR count). The molecule has 0 unspecified atom stereocenters. The van der Waals surface area contributed by atoms with E-state index in [4.69, 9.17) is 4.98 Å². The van der Waals surface area contributed by atoms with Crippen LogP contribution in [0, 0.1) is 5.92 Å². The predicted molar refractivity (Wildman–Crippen MR) is 98.7 cm³/mol. The number of nitrogens with zero attached hydrogens (tertiary/aromatic N) is 3. The highest BCUT2D eigenvalue weighted by Crippen LogP contribution is 2.29. The van der Waals surface area contributed by atoms with Crippen molar-refractivity contribution < 1.29 is 9.90 Å². The van der Waals surface area contributed by atoms with E-state index < -0.39 is 5.97 Å². The molecule has 0 saturated carbocycles. The number of aliphatic carboxylic acids is 1. The molecule has 1 aliphatic rings. The highest BCUT2D eigenvalue weighted by atomic mass is 16.4. The van der Waals surface area contributed by atoms with Gasteiger partial charge in [0.25, 0.3) is 0 Å². The molecule has 5 heteroatoms. The third-order valence-corrected chi connectivity index (χ3v) is 5.03. The van der Waals surface area contributed by atoms with Crippen molar-refractivity contribution in [3.8, 4) is 11.4 Å². The minimum Gasteiger partial charge on any atom is -0.481 e. The van der Waals surface area contributed by atoms with Crippen molar-refractivity contribution in [1.82, 2.24) is 9.55 Å². The largest absolute Gasteiger partial charge is 0.481 e. The van der Waals surface area contributed by atoms with Gasteiger partial charge in [-0.3, -0.25) is 4.79 Å². The number of aromatic nitrogens is 2. The summed E-state index contributed by atoms with van der Waals surface area (Å²) in [6, 6.07) is 16.3. The summed E-state index contributed by atoms with van der Waals surface area (Å²) in [5, 5.41) is 9.31. The highest BCUT2D eigenvalue weighted by Gasteiger charge is 2.25. The summed E-state index contributed by atoms with van der Waals surface area (Å²) >= 11 is 0. The second-order valence-corrected chi connectivity index (χ2v) is 6.66. The molecule has 2 aromatic carbocycles. The van der Waals surface area contributed by atoms with E-state index in [2.05, 4.69) is 33.7 Å². The summed E-state index contributed by atoms with van der Waals surface area (Å²) in [5.41, 5.74) is 4.20. The monoisotopic (exact) mass is 335 g/mol. The van der Waals surface area contributed by atoms with E-state index in [1.807, 2.05) is 31.3 Å². The van der Waals surface area contributed by atoms with Gasteiger partial charge in [0.1, 0.15) is 5.82 Å². The van der Waals surface area contributed by atoms with Gasteiger partial charge in [0.05, 0.1) is 17.0 Å². The second kappa shape index (κ2) is 6.24. The van der Waals surface area contributed by atoms with Crippen LogP contribution in [0.2, 0.25) is 0 Å². The number of anilines is 1. The fourth-order valence-corrected chi connectivity index (χ4v) is 3.66. The number of carboxylic acid groups (broad SMARTS) is 1. The maximum Gasteiger partial charge on any atom is 0.308 e. The number of rotatable bonds is 3. The molecule has 0 aliphatic carbocycles. The molecule has 5 nitrogen and oxygen atoms in total. The Hall–Kier alpha value is -2.82. The van der Waals surface area contributed by atoms with E-state index in [1.165, 1.54) is 0 Å². The van der Waals surface area contributed by atoms with Crippen molar-refractivity contribution in [2.45, 2.75) is 12.8 Å². The van der Waals surface area contributed by atoms with E-state index in [9.17, 15) is 9.90 Å². The standard InChI is InChI=1S/C20H21N3O2/c1-22-18-10-3-2-9-17(18)21-19(22)14-6-4-8-16(12-14)23-11-5-7-15(13-23)20(24)25/h2-4,6,8-10,12,15H,5,7,11,13H2,1H3,(H,24,25)/t15-/m1/s1. The van der Waals surface area contributed by atoms with Crippen LogP contribution < -0.4 is 4.90 Å². The number of carboxylic acids is 1. The van der Waals surface area contributed by atoms with E-state index in [0.29, 0.717) is 6.54 Å². The molecule has 1 atom stereocenters. The van der Waals surface area contributed by atoms with E-state index >= 15 is 0 Å². The quantitative estimate of drug-likeness (QED) is 0.795. The molecule has 0 spiro atoms. The first-order valence-electron chi connectivity index (χ1n) is 8.63. The molecule has 1 saturated heterocycles. The van der Waals surface area contributed by atoms with Crippen molar-refractivity contribution in [2.24, 2.45) is 13.0 Å². The Morgan fingerprint density at radius 1 is 1.20 bits per heavy atom. The fraction of sp³-hybridized carbons (Fsp3) is 0.300. The average Bonchev–Trinajstić information content (AvgIpc) is 2.99. The van der Waals surface area contributed by atoms with Gasteiger partial charge in [-0.15, -0.1) is 0 Å². The summed E-state index contributed by atoms with van der Waals surface area (Å²) in [4.78, 5) is 18.3. The first kappa shape index (κ1) is 15.7. The van der Waals surface area contributed by atoms with E-state index in [0.717, 1.165) is 47.5 Å². The molecule has 0 radical (unpaired) electrons. The summed E-state index contributed by atoms with van der Waals surface area (Å²) in [5.74, 6) is -0.0563. The molecule has 1 N–H and O–H groups in total. The summed E-state index contributed by atoms with van der Waals surface area (Å²) < 4.78 is 2.10. The maximum atomic E-state index is 11.3. The van der Waals surface area contributed by atoms with Crippen LogP contribution in [0.25, 0.3) is 22.4 Å². The van der Waals surface area contributed by atoms with Crippen molar-refractivity contribution in [3.63, 3.8) is 0 Å². The lowest BCUT2D eigenvalue weighted by molar-refractivity contribution is -0.141. The zero-order valence-electron chi connectivity index (χ0n) is 14.2. The van der Waals surface area contributed by atoms with Crippen LogP contribution in [-0.2, 0) is 11.8 Å². The number of aryl methyl sites for hydroxylation is 1. The zero-order chi connectivity index (χ0) is 17.4. The van der Waals surface area contributed by atoms with Gasteiger partial charge >= 0.3 is 5.97 Å². The van der Waals surface area contributed by atoms with Gasteiger partial charge in [-0.2, -0.15) is 0 Å². The summed E-state index contributed by atoms with van der Waals surface area (Å²) in [6.45, 7) is 1.47. The Bertz CT molecular complexity index is 932. The van der Waals surface area contributed by atoms with Gasteiger partial charge in [0.15, 0.2) is 0 Å². The Labute approximate surface area is 146 Å². The number of fused-ring (bicyclic) bond motifs is 1. The molecule has 1 aromatic heterocycles. The number of carbonyl (C=O) groups is 1. The first-order valence-corrected chi connectivity index (χ1v) is 8.63. The lowest BCUT2D eigenvalue weighted by atomic mass is 9.97. The molecular formula is C20H21N3O2. The molecule has 2 heterocycles. The topological polar surface area (TPSA) is 58.4 Å². The van der Waals surface area contributed by atoms with E-state index in [-0.39, 0.29) is 5.92 Å². The number of benzene rings is 2. The SMILES string of the molecule is Cn1c(-c2cccc(N3CCC[C@@H](C(=O)O)C3)c2)nc2ccccc21. The fourth-order valence-electron chi connectivity index (χ4n) is 3.66. The number of piperidine rings is 1. The van der Waals surface area contributed by atoms with Gasteiger partial charge in [0.2, 0.25) is 0 Å². The third kappa shape index (κ3) is 2.86. The third-order valence-electron chi connectivity index (χ3n) is 5.03. The van der Waals surface area contributed by atoms with Crippen LogP contribution in [0.1, 0.15) is 12.8 Å². The molecule has 1 aliphatic heterocycles. The van der Waals surface area contributed by atoms with Crippen LogP contribution in [0.3, 0.4) is 0 Å². The Kier molecular flexibility index (Phi) is 3.92. The van der Waals surface area contributed by atoms with Gasteiger partial charge in [-0.05, 0) is 37.1 Å². The normalized spacial score (nSPS) is 17.8. The van der Waals surface area contributed by atoms with Crippen molar-refractivity contribution >= 4 is 22.7 Å². The minimum atomic E-state index is -0.698. The minimum absolute atomic E-state index is 0.284. The lowest BCUT2D eigenvalue weighted by Gasteiger charge is -2.32. The smallest absolute Gasteiger partial charge is 0.308 e. The zero-order valence-corrected chi connectivity index (χ0v) is 14.2. The van der Waals surface area contributed by atoms with Gasteiger partial charge in [0, 0.05) is 31.4 Å². The van der Waals surface area contributed by atoms with Crippen LogP contribution in [0.4, 0.5) is 5.69 Å². The highest BCUT2D eigenvalue weighted by molar-refractivity contribution is 5.81. The van der Waals surface area contributed by atoms with Crippen LogP contribution >= 0.6 is 0 Å². The van der Waals surface area contributed by atoms with Crippen molar-refractivity contribution in [2.75, 3.05) is 18.0 Å². The van der Waals surface area contributed by atoms with Crippen LogP contribution in [0.15, 0.2) is 48.5 Å².